The van der Waals surface area contributed by atoms with E-state index in [1.165, 1.54) is 19.4 Å². The third-order valence-corrected chi connectivity index (χ3v) is 9.11. The van der Waals surface area contributed by atoms with Crippen LogP contribution in [0.15, 0.2) is 12.3 Å². The van der Waals surface area contributed by atoms with E-state index in [0.717, 1.165) is 4.90 Å². The quantitative estimate of drug-likeness (QED) is 0.0537. The lowest BCUT2D eigenvalue weighted by atomic mass is 9.99. The van der Waals surface area contributed by atoms with Crippen LogP contribution in [-0.2, 0) is 46.2 Å². The summed E-state index contributed by atoms with van der Waals surface area (Å²) < 4.78 is 58.8. The van der Waals surface area contributed by atoms with Crippen molar-refractivity contribution in [3.05, 3.63) is 12.3 Å². The maximum absolute atomic E-state index is 12.5. The van der Waals surface area contributed by atoms with Crippen LogP contribution in [0.1, 0.15) is 6.42 Å². The molecule has 0 saturated carbocycles. The fraction of sp³-hybridized carbons (Fsp3) is 0.810. The van der Waals surface area contributed by atoms with Crippen molar-refractivity contribution < 1.29 is 86.3 Å². The SMILES string of the molecule is COCCOCCC(=O)NCC1O[C@H](OP(=O)(O)OP(=O)(O)OCC2OC(N3C=CC(N)NC3=O)[C@H](O)[C@@H]2O)[C@@H](O)C(O)[C@H]1O. The van der Waals surface area contributed by atoms with Gasteiger partial charge in [0, 0.05) is 26.3 Å². The number of urea groups is 1. The lowest BCUT2D eigenvalue weighted by molar-refractivity contribution is -0.273. The molecule has 3 amide bonds. The normalized spacial score (nSPS) is 36.3. The number of nitrogens with zero attached hydrogens (tertiary/aromatic N) is 1. The maximum atomic E-state index is 12.5. The number of carbonyl (C=O) groups is 2. The van der Waals surface area contributed by atoms with Gasteiger partial charge in [-0.1, -0.05) is 0 Å². The molecule has 0 radical (unpaired) electrons. The molecule has 0 aliphatic carbocycles. The number of amides is 3. The summed E-state index contributed by atoms with van der Waals surface area (Å²) in [6.07, 6.45) is -14.6. The van der Waals surface area contributed by atoms with Crippen LogP contribution < -0.4 is 16.4 Å². The van der Waals surface area contributed by atoms with Crippen molar-refractivity contribution in [2.24, 2.45) is 5.73 Å². The molecule has 0 spiro atoms. The summed E-state index contributed by atoms with van der Waals surface area (Å²) in [5.74, 6) is -0.550. The molecule has 3 heterocycles. The lowest BCUT2D eigenvalue weighted by Gasteiger charge is -2.40. The Labute approximate surface area is 255 Å². The number of hydrogen-bond donors (Lipinski definition) is 10. The average molecular weight is 696 g/mol. The minimum atomic E-state index is -5.66. The van der Waals surface area contributed by atoms with Gasteiger partial charge in [0.05, 0.1) is 32.6 Å². The first-order valence-electron chi connectivity index (χ1n) is 13.3. The third-order valence-electron chi connectivity index (χ3n) is 6.51. The highest BCUT2D eigenvalue weighted by Gasteiger charge is 2.50. The van der Waals surface area contributed by atoms with Crippen LogP contribution in [0, 0.1) is 0 Å². The smallest absolute Gasteiger partial charge is 0.388 e. The topological polar surface area (TPSA) is 328 Å². The number of nitrogens with two attached hydrogens (primary N) is 1. The Balaban J connectivity index is 1.52. The fourth-order valence-electron chi connectivity index (χ4n) is 4.17. The number of rotatable bonds is 16. The molecule has 24 heteroatoms. The second-order valence-corrected chi connectivity index (χ2v) is 12.9. The van der Waals surface area contributed by atoms with Crippen LogP contribution in [0.3, 0.4) is 0 Å². The van der Waals surface area contributed by atoms with Gasteiger partial charge in [-0.05, 0) is 6.08 Å². The molecule has 3 aliphatic heterocycles. The van der Waals surface area contributed by atoms with E-state index in [0.29, 0.717) is 6.61 Å². The summed E-state index contributed by atoms with van der Waals surface area (Å²) in [5.41, 5.74) is 5.55. The number of phosphoric acid groups is 2. The Bertz CT molecular complexity index is 1140. The molecule has 0 aromatic carbocycles. The summed E-state index contributed by atoms with van der Waals surface area (Å²) in [5, 5.41) is 55.8. The summed E-state index contributed by atoms with van der Waals surface area (Å²) >= 11 is 0. The molecule has 45 heavy (non-hydrogen) atoms. The average Bonchev–Trinajstić information content (AvgIpc) is 3.23. The second-order valence-electron chi connectivity index (χ2n) is 9.86. The highest BCUT2D eigenvalue weighted by molar-refractivity contribution is 7.61. The highest BCUT2D eigenvalue weighted by atomic mass is 31.3. The van der Waals surface area contributed by atoms with Gasteiger partial charge in [-0.25, -0.2) is 13.9 Å². The molecule has 3 aliphatic rings. The molecule has 2 fully saturated rings. The van der Waals surface area contributed by atoms with Crippen LogP contribution in [-0.4, -0.2) is 154 Å². The van der Waals surface area contributed by atoms with Crippen LogP contribution in [0.25, 0.3) is 0 Å². The van der Waals surface area contributed by atoms with E-state index in [2.05, 4.69) is 24.0 Å². The molecule has 11 N–H and O–H groups in total. The Morgan fingerprint density at radius 2 is 1.69 bits per heavy atom. The Morgan fingerprint density at radius 1 is 1.00 bits per heavy atom. The van der Waals surface area contributed by atoms with E-state index in [1.807, 2.05) is 0 Å². The number of hydrogen-bond acceptors (Lipinski definition) is 17. The first kappa shape index (κ1) is 37.8. The largest absolute Gasteiger partial charge is 0.483 e. The van der Waals surface area contributed by atoms with Gasteiger partial charge in [0.25, 0.3) is 0 Å². The Hall–Kier alpha value is -1.66. The lowest BCUT2D eigenvalue weighted by Crippen LogP contribution is -2.60. The predicted octanol–water partition coefficient (Wildman–Crippen LogP) is -4.52. The van der Waals surface area contributed by atoms with Crippen molar-refractivity contribution in [2.75, 3.05) is 40.1 Å². The first-order valence-corrected chi connectivity index (χ1v) is 16.3. The number of nitrogens with one attached hydrogen (secondary N) is 2. The summed E-state index contributed by atoms with van der Waals surface area (Å²) in [6.45, 7) is -0.858. The van der Waals surface area contributed by atoms with Crippen LogP contribution in [0.5, 0.6) is 0 Å². The zero-order valence-corrected chi connectivity index (χ0v) is 25.5. The van der Waals surface area contributed by atoms with Gasteiger partial charge in [-0.2, -0.15) is 4.31 Å². The number of carbonyl (C=O) groups excluding carboxylic acids is 2. The Kier molecular flexibility index (Phi) is 13.8. The minimum absolute atomic E-state index is 0.0414. The third kappa shape index (κ3) is 10.7. The van der Waals surface area contributed by atoms with Gasteiger partial charge in [0.2, 0.25) is 5.91 Å². The van der Waals surface area contributed by atoms with Gasteiger partial charge in [-0.3, -0.25) is 18.7 Å². The molecule has 260 valence electrons. The molecule has 22 nitrogen and oxygen atoms in total. The summed E-state index contributed by atoms with van der Waals surface area (Å²) in [6, 6.07) is -0.782. The van der Waals surface area contributed by atoms with E-state index < -0.39 is 102 Å². The van der Waals surface area contributed by atoms with Gasteiger partial charge in [-0.15, -0.1) is 0 Å². The molecular formula is C21H38N4O18P2. The molecule has 3 rings (SSSR count). The molecule has 7 unspecified atom stereocenters. The fourth-order valence-corrected chi connectivity index (χ4v) is 6.33. The van der Waals surface area contributed by atoms with Crippen molar-refractivity contribution in [2.45, 2.75) is 67.8 Å². The zero-order chi connectivity index (χ0) is 33.5. The predicted molar refractivity (Wildman–Crippen MR) is 143 cm³/mol. The molecular weight excluding hydrogens is 658 g/mol. The standard InChI is InChI=1S/C21H38N4O18P2/c1-37-6-7-38-5-3-13(26)23-8-10-14(27)16(29)18(31)20(41-10)42-45(35,36)43-44(33,34)39-9-11-15(28)17(30)19(40-11)25-4-2-12(22)24-21(25)32/h2,4,10-12,14-20,27-31H,3,5-9,22H2,1H3,(H,23,26)(H,24,32)(H,33,34)(H,35,36)/t10?,11?,12?,14-,15+,16?,17+,18-,19?,20+/m0/s1. The van der Waals surface area contributed by atoms with Crippen LogP contribution in [0.4, 0.5) is 4.79 Å². The monoisotopic (exact) mass is 696 g/mol. The van der Waals surface area contributed by atoms with Crippen molar-refractivity contribution in [3.8, 4) is 0 Å². The van der Waals surface area contributed by atoms with Gasteiger partial charge < -0.3 is 70.6 Å². The number of ether oxygens (including phenoxy) is 4. The molecule has 0 bridgehead atoms. The van der Waals surface area contributed by atoms with Crippen LogP contribution in [0.2, 0.25) is 0 Å². The molecule has 12 atom stereocenters. The molecule has 0 aromatic rings. The van der Waals surface area contributed by atoms with E-state index in [1.54, 1.807) is 0 Å². The number of methoxy groups -OCH3 is 1. The number of aliphatic hydroxyl groups is 5. The summed E-state index contributed by atoms with van der Waals surface area (Å²) in [4.78, 5) is 45.1. The van der Waals surface area contributed by atoms with Crippen molar-refractivity contribution in [3.63, 3.8) is 0 Å². The van der Waals surface area contributed by atoms with Crippen molar-refractivity contribution in [1.82, 2.24) is 15.5 Å². The molecule has 2 saturated heterocycles. The van der Waals surface area contributed by atoms with E-state index in [4.69, 9.17) is 24.7 Å². The zero-order valence-electron chi connectivity index (χ0n) is 23.7. The number of phosphoric ester groups is 2. The van der Waals surface area contributed by atoms with E-state index >= 15 is 0 Å². The number of aliphatic hydroxyl groups excluding tert-OH is 5. The van der Waals surface area contributed by atoms with E-state index in [9.17, 15) is 54.0 Å². The van der Waals surface area contributed by atoms with E-state index in [-0.39, 0.29) is 19.6 Å². The van der Waals surface area contributed by atoms with Gasteiger partial charge in [0.15, 0.2) is 12.5 Å². The van der Waals surface area contributed by atoms with Gasteiger partial charge >= 0.3 is 21.7 Å². The minimum Gasteiger partial charge on any atom is -0.388 e. The Morgan fingerprint density at radius 3 is 2.36 bits per heavy atom. The maximum Gasteiger partial charge on any atom is 0.483 e. The van der Waals surface area contributed by atoms with Crippen LogP contribution >= 0.6 is 15.6 Å². The van der Waals surface area contributed by atoms with Crippen molar-refractivity contribution >= 4 is 27.6 Å². The summed E-state index contributed by atoms with van der Waals surface area (Å²) in [7, 11) is -9.70. The highest BCUT2D eigenvalue weighted by Crippen LogP contribution is 2.61. The van der Waals surface area contributed by atoms with Gasteiger partial charge in [0.1, 0.15) is 42.7 Å². The second kappa shape index (κ2) is 16.4. The first-order chi connectivity index (χ1) is 21.0. The molecule has 0 aromatic heterocycles. The van der Waals surface area contributed by atoms with Crippen molar-refractivity contribution in [1.29, 1.82) is 0 Å².